The van der Waals surface area contributed by atoms with Crippen LogP contribution in [0.1, 0.15) is 11.1 Å². The van der Waals surface area contributed by atoms with E-state index in [4.69, 9.17) is 0 Å². The van der Waals surface area contributed by atoms with Crippen molar-refractivity contribution in [3.63, 3.8) is 0 Å². The van der Waals surface area contributed by atoms with Crippen LogP contribution in [-0.2, 0) is 13.6 Å². The SMILES string of the molecule is Cc1ccc(-c2nnc3n(Cc4ccccc4F)c4c(=O)[nH]c(=O)n(C)c4n23)cc1. The minimum atomic E-state index is -0.565. The molecule has 3 aromatic heterocycles. The lowest BCUT2D eigenvalue weighted by Gasteiger charge is -2.06. The predicted octanol–water partition coefficient (Wildman–Crippen LogP) is 2.23. The number of aryl methyl sites for hydroxylation is 2. The molecule has 0 amide bonds. The molecular weight excluding hydrogens is 387 g/mol. The van der Waals surface area contributed by atoms with Crippen molar-refractivity contribution < 1.29 is 4.39 Å². The number of imidazole rings is 1. The molecule has 5 aromatic rings. The number of fused-ring (bicyclic) bond motifs is 3. The quantitative estimate of drug-likeness (QED) is 0.499. The number of hydrogen-bond donors (Lipinski definition) is 1. The molecule has 0 radical (unpaired) electrons. The lowest BCUT2D eigenvalue weighted by molar-refractivity contribution is 0.602. The molecule has 0 saturated carbocycles. The summed E-state index contributed by atoms with van der Waals surface area (Å²) in [4.78, 5) is 27.4. The molecule has 150 valence electrons. The van der Waals surface area contributed by atoms with Crippen LogP contribution in [0.5, 0.6) is 0 Å². The number of benzene rings is 2. The molecule has 9 heteroatoms. The average Bonchev–Trinajstić information content (AvgIpc) is 3.28. The first kappa shape index (κ1) is 18.0. The Morgan fingerprint density at radius 2 is 1.77 bits per heavy atom. The van der Waals surface area contributed by atoms with Crippen molar-refractivity contribution in [2.24, 2.45) is 7.05 Å². The molecule has 0 saturated heterocycles. The molecule has 1 N–H and O–H groups in total. The van der Waals surface area contributed by atoms with E-state index < -0.39 is 17.1 Å². The number of hydrogen-bond acceptors (Lipinski definition) is 4. The van der Waals surface area contributed by atoms with Crippen LogP contribution in [0, 0.1) is 12.7 Å². The van der Waals surface area contributed by atoms with Crippen LogP contribution in [0.4, 0.5) is 4.39 Å². The molecule has 0 fully saturated rings. The normalized spacial score (nSPS) is 11.6. The Kier molecular flexibility index (Phi) is 3.92. The van der Waals surface area contributed by atoms with E-state index in [1.54, 1.807) is 34.2 Å². The smallest absolute Gasteiger partial charge is 0.298 e. The van der Waals surface area contributed by atoms with E-state index >= 15 is 0 Å². The zero-order valence-electron chi connectivity index (χ0n) is 16.3. The van der Waals surface area contributed by atoms with Gasteiger partial charge in [0.15, 0.2) is 17.0 Å². The third-order valence-corrected chi connectivity index (χ3v) is 5.23. The molecule has 0 spiro atoms. The van der Waals surface area contributed by atoms with E-state index in [2.05, 4.69) is 15.2 Å². The number of aromatic amines is 1. The summed E-state index contributed by atoms with van der Waals surface area (Å²) < 4.78 is 18.9. The van der Waals surface area contributed by atoms with Crippen LogP contribution in [0.15, 0.2) is 58.1 Å². The summed E-state index contributed by atoms with van der Waals surface area (Å²) in [5.41, 5.74) is 1.71. The van der Waals surface area contributed by atoms with Gasteiger partial charge in [0.2, 0.25) is 5.78 Å². The summed E-state index contributed by atoms with van der Waals surface area (Å²) in [7, 11) is 1.56. The Bertz CT molecular complexity index is 1540. The van der Waals surface area contributed by atoms with Crippen LogP contribution in [0.3, 0.4) is 0 Å². The largest absolute Gasteiger partial charge is 0.329 e. The second kappa shape index (κ2) is 6.51. The summed E-state index contributed by atoms with van der Waals surface area (Å²) in [6, 6.07) is 14.0. The van der Waals surface area contributed by atoms with Gasteiger partial charge in [0.1, 0.15) is 5.82 Å². The summed E-state index contributed by atoms with van der Waals surface area (Å²) >= 11 is 0. The Labute approximate surface area is 168 Å². The van der Waals surface area contributed by atoms with E-state index in [0.29, 0.717) is 22.8 Å². The number of rotatable bonds is 3. The van der Waals surface area contributed by atoms with Gasteiger partial charge in [-0.1, -0.05) is 48.0 Å². The highest BCUT2D eigenvalue weighted by Crippen LogP contribution is 2.25. The maximum absolute atomic E-state index is 14.3. The van der Waals surface area contributed by atoms with Crippen molar-refractivity contribution in [1.82, 2.24) is 28.7 Å². The van der Waals surface area contributed by atoms with Gasteiger partial charge in [-0.2, -0.15) is 0 Å². The van der Waals surface area contributed by atoms with E-state index in [0.717, 1.165) is 11.1 Å². The van der Waals surface area contributed by atoms with Gasteiger partial charge in [-0.05, 0) is 13.0 Å². The topological polar surface area (TPSA) is 90.0 Å². The molecule has 0 atom stereocenters. The fourth-order valence-electron chi connectivity index (χ4n) is 3.68. The molecule has 5 rings (SSSR count). The predicted molar refractivity (Wildman–Crippen MR) is 110 cm³/mol. The molecule has 0 aliphatic carbocycles. The lowest BCUT2D eigenvalue weighted by Crippen LogP contribution is -2.29. The first-order valence-corrected chi connectivity index (χ1v) is 9.33. The van der Waals surface area contributed by atoms with E-state index in [-0.39, 0.29) is 12.1 Å². The molecule has 0 unspecified atom stereocenters. The Balaban J connectivity index is 1.89. The number of nitrogens with zero attached hydrogens (tertiary/aromatic N) is 5. The van der Waals surface area contributed by atoms with Gasteiger partial charge >= 0.3 is 5.69 Å². The van der Waals surface area contributed by atoms with Crippen molar-refractivity contribution in [2.75, 3.05) is 0 Å². The van der Waals surface area contributed by atoms with Crippen molar-refractivity contribution in [1.29, 1.82) is 0 Å². The van der Waals surface area contributed by atoms with E-state index in [1.807, 2.05) is 31.2 Å². The first-order chi connectivity index (χ1) is 14.5. The fourth-order valence-corrected chi connectivity index (χ4v) is 3.68. The third kappa shape index (κ3) is 2.59. The summed E-state index contributed by atoms with van der Waals surface area (Å²) in [6.07, 6.45) is 0. The average molecular weight is 404 g/mol. The monoisotopic (exact) mass is 404 g/mol. The Hall–Kier alpha value is -4.01. The van der Waals surface area contributed by atoms with Gasteiger partial charge in [0.05, 0.1) is 6.54 Å². The molecular formula is C21H17FN6O2. The molecule has 2 aromatic carbocycles. The second-order valence-corrected chi connectivity index (χ2v) is 7.19. The highest BCUT2D eigenvalue weighted by Gasteiger charge is 2.23. The number of nitrogens with one attached hydrogen (secondary N) is 1. The maximum Gasteiger partial charge on any atom is 0.329 e. The zero-order valence-corrected chi connectivity index (χ0v) is 16.3. The van der Waals surface area contributed by atoms with Crippen LogP contribution in [-0.4, -0.2) is 28.7 Å². The first-order valence-electron chi connectivity index (χ1n) is 9.33. The van der Waals surface area contributed by atoms with Gasteiger partial charge in [0, 0.05) is 18.2 Å². The Morgan fingerprint density at radius 1 is 1.03 bits per heavy atom. The van der Waals surface area contributed by atoms with Gasteiger partial charge in [-0.3, -0.25) is 18.9 Å². The molecule has 30 heavy (non-hydrogen) atoms. The standard InChI is InChI=1S/C21H17FN6O2/c1-12-7-9-13(10-8-12)17-24-25-20-27(11-14-5-3-4-6-15(14)22)16-18(29)23-21(30)26(2)19(16)28(17)20/h3-10H,11H2,1-2H3,(H,23,29,30). The van der Waals surface area contributed by atoms with E-state index in [1.165, 1.54) is 10.6 Å². The van der Waals surface area contributed by atoms with Gasteiger partial charge in [0.25, 0.3) is 5.56 Å². The minimum Gasteiger partial charge on any atom is -0.298 e. The Morgan fingerprint density at radius 3 is 2.50 bits per heavy atom. The number of H-pyrrole nitrogens is 1. The number of halogens is 1. The van der Waals surface area contributed by atoms with Gasteiger partial charge in [-0.15, -0.1) is 10.2 Å². The highest BCUT2D eigenvalue weighted by atomic mass is 19.1. The zero-order chi connectivity index (χ0) is 21.0. The van der Waals surface area contributed by atoms with Crippen LogP contribution >= 0.6 is 0 Å². The fraction of sp³-hybridized carbons (Fsp3) is 0.143. The van der Waals surface area contributed by atoms with Gasteiger partial charge in [-0.25, -0.2) is 13.6 Å². The van der Waals surface area contributed by atoms with Crippen molar-refractivity contribution in [3.05, 3.63) is 86.3 Å². The van der Waals surface area contributed by atoms with Gasteiger partial charge < -0.3 is 0 Å². The molecule has 3 heterocycles. The summed E-state index contributed by atoms with van der Waals surface area (Å²) in [5.74, 6) is 0.440. The highest BCUT2D eigenvalue weighted by molar-refractivity contribution is 5.79. The van der Waals surface area contributed by atoms with Crippen LogP contribution in [0.25, 0.3) is 28.3 Å². The van der Waals surface area contributed by atoms with Crippen molar-refractivity contribution in [3.8, 4) is 11.4 Å². The molecule has 0 bridgehead atoms. The molecule has 0 aliphatic heterocycles. The second-order valence-electron chi connectivity index (χ2n) is 7.19. The maximum atomic E-state index is 14.3. The number of aromatic nitrogens is 6. The summed E-state index contributed by atoms with van der Waals surface area (Å²) in [6.45, 7) is 2.04. The third-order valence-electron chi connectivity index (χ3n) is 5.23. The lowest BCUT2D eigenvalue weighted by atomic mass is 10.1. The van der Waals surface area contributed by atoms with E-state index in [9.17, 15) is 14.0 Å². The van der Waals surface area contributed by atoms with Crippen LogP contribution < -0.4 is 11.2 Å². The van der Waals surface area contributed by atoms with Crippen molar-refractivity contribution >= 4 is 16.9 Å². The van der Waals surface area contributed by atoms with Crippen LogP contribution in [0.2, 0.25) is 0 Å². The minimum absolute atomic E-state index is 0.0625. The summed E-state index contributed by atoms with van der Waals surface area (Å²) in [5, 5.41) is 8.58. The molecule has 8 nitrogen and oxygen atoms in total. The van der Waals surface area contributed by atoms with Crippen molar-refractivity contribution in [2.45, 2.75) is 13.5 Å². The molecule has 0 aliphatic rings.